The Balaban J connectivity index is 2.75. The molecule has 1 heteroatoms. The highest BCUT2D eigenvalue weighted by Crippen LogP contribution is 2.02. The van der Waals surface area contributed by atoms with E-state index < -0.39 is 0 Å². The van der Waals surface area contributed by atoms with Crippen LogP contribution in [0, 0.1) is 5.92 Å². The van der Waals surface area contributed by atoms with Crippen molar-refractivity contribution in [3.05, 3.63) is 0 Å². The van der Waals surface area contributed by atoms with E-state index in [1.165, 1.54) is 6.42 Å². The average Bonchev–Trinajstić information content (AvgIpc) is 1.65. The quantitative estimate of drug-likeness (QED) is 0.531. The molecule has 0 bridgehead atoms. The van der Waals surface area contributed by atoms with Gasteiger partial charge in [0.25, 0.3) is 0 Å². The van der Waals surface area contributed by atoms with Crippen LogP contribution in [0.5, 0.6) is 0 Å². The Labute approximate surface area is 48.1 Å². The number of halogens is 1. The lowest BCUT2D eigenvalue weighted by Crippen LogP contribution is -1.89. The summed E-state index contributed by atoms with van der Waals surface area (Å²) in [7, 11) is 0. The van der Waals surface area contributed by atoms with Gasteiger partial charge in [0.15, 0.2) is 0 Å². The highest BCUT2D eigenvalue weighted by atomic mass is 79.9. The molecule has 0 aromatic heterocycles. The number of alkyl halides is 1. The first-order valence-corrected chi connectivity index (χ1v) is 3.49. The van der Waals surface area contributed by atoms with Crippen LogP contribution in [0.3, 0.4) is 0 Å². The fraction of sp³-hybridized carbons (Fsp3) is 1.00. The summed E-state index contributed by atoms with van der Waals surface area (Å²) >= 11 is 3.37. The predicted octanol–water partition coefficient (Wildman–Crippen LogP) is 2.43. The van der Waals surface area contributed by atoms with Crippen molar-refractivity contribution >= 4 is 15.9 Å². The molecule has 1 atom stereocenters. The summed E-state index contributed by atoms with van der Waals surface area (Å²) < 4.78 is 0. The third-order valence-corrected chi connectivity index (χ3v) is 2.07. The second-order valence-electron chi connectivity index (χ2n) is 1.67. The number of hydrogen-bond donors (Lipinski definition) is 0. The molecular formula is C5H11Br. The van der Waals surface area contributed by atoms with Gasteiger partial charge >= 0.3 is 0 Å². The maximum absolute atomic E-state index is 3.37. The minimum Gasteiger partial charge on any atom is -0.0925 e. The first-order chi connectivity index (χ1) is 2.81. The van der Waals surface area contributed by atoms with Crippen molar-refractivity contribution in [3.8, 4) is 0 Å². The third-order valence-electron chi connectivity index (χ3n) is 0.960. The van der Waals surface area contributed by atoms with Crippen LogP contribution in [0.1, 0.15) is 20.3 Å². The molecular weight excluding hydrogens is 140 g/mol. The van der Waals surface area contributed by atoms with Crippen LogP contribution < -0.4 is 0 Å². The van der Waals surface area contributed by atoms with Crippen LogP contribution in [0.15, 0.2) is 0 Å². The molecule has 0 aromatic rings. The van der Waals surface area contributed by atoms with Gasteiger partial charge < -0.3 is 0 Å². The van der Waals surface area contributed by atoms with Crippen LogP contribution in [0.4, 0.5) is 0 Å². The molecule has 0 heterocycles. The summed E-state index contributed by atoms with van der Waals surface area (Å²) in [5.74, 6) is 0.852. The van der Waals surface area contributed by atoms with Gasteiger partial charge in [0.1, 0.15) is 0 Å². The summed E-state index contributed by atoms with van der Waals surface area (Å²) in [5.41, 5.74) is 0. The van der Waals surface area contributed by atoms with Crippen LogP contribution in [-0.2, 0) is 0 Å². The molecule has 0 N–H and O–H groups in total. The molecule has 0 spiro atoms. The van der Waals surface area contributed by atoms with Crippen molar-refractivity contribution in [2.45, 2.75) is 20.3 Å². The summed E-state index contributed by atoms with van der Waals surface area (Å²) in [6, 6.07) is 0. The van der Waals surface area contributed by atoms with Gasteiger partial charge in [0.2, 0.25) is 0 Å². The maximum atomic E-state index is 3.37. The molecule has 0 saturated carbocycles. The zero-order chi connectivity index (χ0) is 4.99. The molecule has 0 amide bonds. The van der Waals surface area contributed by atoms with Crippen molar-refractivity contribution in [2.75, 3.05) is 5.33 Å². The van der Waals surface area contributed by atoms with Crippen molar-refractivity contribution < 1.29 is 0 Å². The van der Waals surface area contributed by atoms with Gasteiger partial charge in [0.05, 0.1) is 0 Å². The third kappa shape index (κ3) is 2.70. The highest BCUT2D eigenvalue weighted by Gasteiger charge is 1.90. The van der Waals surface area contributed by atoms with E-state index in [4.69, 9.17) is 0 Å². The van der Waals surface area contributed by atoms with E-state index in [1.54, 1.807) is 0 Å². The number of rotatable bonds is 2. The molecule has 0 aliphatic heterocycles. The summed E-state index contributed by atoms with van der Waals surface area (Å²) in [4.78, 5) is 0. The van der Waals surface area contributed by atoms with E-state index in [0.29, 0.717) is 0 Å². The lowest BCUT2D eigenvalue weighted by molar-refractivity contribution is 0.641. The zero-order valence-corrected chi connectivity index (χ0v) is 5.96. The molecule has 0 aromatic carbocycles. The predicted molar refractivity (Wildman–Crippen MR) is 33.2 cm³/mol. The van der Waals surface area contributed by atoms with Crippen molar-refractivity contribution in [1.82, 2.24) is 0 Å². The van der Waals surface area contributed by atoms with Gasteiger partial charge in [-0.3, -0.25) is 0 Å². The smallest absolute Gasteiger partial charge is 0.00569 e. The van der Waals surface area contributed by atoms with Gasteiger partial charge in [0, 0.05) is 5.33 Å². The Morgan fingerprint density at radius 2 is 2.17 bits per heavy atom. The van der Waals surface area contributed by atoms with Gasteiger partial charge in [-0.1, -0.05) is 36.2 Å². The summed E-state index contributed by atoms with van der Waals surface area (Å²) in [5, 5.41) is 1.14. The van der Waals surface area contributed by atoms with E-state index in [2.05, 4.69) is 29.8 Å². The topological polar surface area (TPSA) is 0 Å². The Morgan fingerprint density at radius 3 is 2.17 bits per heavy atom. The van der Waals surface area contributed by atoms with Crippen molar-refractivity contribution in [2.24, 2.45) is 5.92 Å². The van der Waals surface area contributed by atoms with Gasteiger partial charge in [-0.15, -0.1) is 0 Å². The molecule has 0 aliphatic carbocycles. The fourth-order valence-electron chi connectivity index (χ4n) is 0.109. The normalized spacial score (nSPS) is 14.5. The highest BCUT2D eigenvalue weighted by molar-refractivity contribution is 9.09. The first kappa shape index (κ1) is 6.48. The van der Waals surface area contributed by atoms with Gasteiger partial charge in [-0.25, -0.2) is 0 Å². The van der Waals surface area contributed by atoms with Gasteiger partial charge in [-0.2, -0.15) is 0 Å². The van der Waals surface area contributed by atoms with Crippen LogP contribution in [0.25, 0.3) is 0 Å². The van der Waals surface area contributed by atoms with E-state index >= 15 is 0 Å². The molecule has 0 unspecified atom stereocenters. The minimum atomic E-state index is 0.852. The van der Waals surface area contributed by atoms with Crippen LogP contribution in [0.2, 0.25) is 0 Å². The molecule has 0 fully saturated rings. The van der Waals surface area contributed by atoms with Crippen molar-refractivity contribution in [3.63, 3.8) is 0 Å². The molecule has 38 valence electrons. The Morgan fingerprint density at radius 1 is 1.67 bits per heavy atom. The second-order valence-corrected chi connectivity index (χ2v) is 2.32. The fourth-order valence-corrected chi connectivity index (χ4v) is 0.567. The summed E-state index contributed by atoms with van der Waals surface area (Å²) in [6.45, 7) is 4.43. The summed E-state index contributed by atoms with van der Waals surface area (Å²) in [6.07, 6.45) is 1.28. The Kier molecular flexibility index (Phi) is 3.96. The lowest BCUT2D eigenvalue weighted by atomic mass is 10.2. The first-order valence-electron chi connectivity index (χ1n) is 2.37. The molecule has 0 rings (SSSR count). The van der Waals surface area contributed by atoms with Crippen molar-refractivity contribution in [1.29, 1.82) is 0 Å². The minimum absolute atomic E-state index is 0.852. The van der Waals surface area contributed by atoms with Gasteiger partial charge in [-0.05, 0) is 5.92 Å². The molecule has 0 radical (unpaired) electrons. The number of hydrogen-bond acceptors (Lipinski definition) is 0. The van der Waals surface area contributed by atoms with E-state index in [-0.39, 0.29) is 0 Å². The largest absolute Gasteiger partial charge is 0.0925 e. The lowest BCUT2D eigenvalue weighted by Gasteiger charge is -1.97. The Hall–Kier alpha value is 0.480. The molecule has 0 saturated heterocycles. The maximum Gasteiger partial charge on any atom is 0.00569 e. The average molecular weight is 151 g/mol. The van der Waals surface area contributed by atoms with E-state index in [9.17, 15) is 0 Å². The Bertz CT molecular complexity index is 23.1. The van der Waals surface area contributed by atoms with Crippen LogP contribution in [-0.4, -0.2) is 5.33 Å². The van der Waals surface area contributed by atoms with E-state index in [1.807, 2.05) is 0 Å². The van der Waals surface area contributed by atoms with Crippen LogP contribution >= 0.6 is 15.9 Å². The van der Waals surface area contributed by atoms with E-state index in [0.717, 1.165) is 11.2 Å². The molecule has 0 nitrogen and oxygen atoms in total. The monoisotopic (exact) mass is 150 g/mol. The molecule has 6 heavy (non-hydrogen) atoms. The second kappa shape index (κ2) is 3.66. The molecule has 0 aliphatic rings. The zero-order valence-electron chi connectivity index (χ0n) is 4.37. The SMILES string of the molecule is CC[C@@H](C)CBr. The standard InChI is InChI=1S/C5H11Br/c1-3-5(2)4-6/h5H,3-4H2,1-2H3/t5-/m1/s1.